The van der Waals surface area contributed by atoms with Crippen LogP contribution in [0.2, 0.25) is 5.02 Å². The second-order valence-electron chi connectivity index (χ2n) is 5.15. The normalized spacial score (nSPS) is 15.3. The van der Waals surface area contributed by atoms with Crippen molar-refractivity contribution in [2.45, 2.75) is 12.7 Å². The molecule has 1 heterocycles. The Bertz CT molecular complexity index is 609. The van der Waals surface area contributed by atoms with E-state index in [1.165, 1.54) is 0 Å². The molecule has 0 saturated carbocycles. The molecule has 1 aliphatic rings. The van der Waals surface area contributed by atoms with E-state index in [1.807, 2.05) is 42.5 Å². The third-order valence-electron chi connectivity index (χ3n) is 3.40. The monoisotopic (exact) mass is 334 g/mol. The molecule has 1 fully saturated rings. The van der Waals surface area contributed by atoms with Gasteiger partial charge in [-0.2, -0.15) is 0 Å². The first-order chi connectivity index (χ1) is 11.3. The summed E-state index contributed by atoms with van der Waals surface area (Å²) in [5, 5.41) is 0.658. The van der Waals surface area contributed by atoms with Gasteiger partial charge in [0, 0.05) is 10.6 Å². The molecule has 1 aliphatic heterocycles. The van der Waals surface area contributed by atoms with Gasteiger partial charge in [-0.3, -0.25) is 0 Å². The van der Waals surface area contributed by atoms with E-state index in [-0.39, 0.29) is 6.29 Å². The van der Waals surface area contributed by atoms with Gasteiger partial charge in [0.2, 0.25) is 0 Å². The Balaban J connectivity index is 1.43. The summed E-state index contributed by atoms with van der Waals surface area (Å²) in [6.07, 6.45) is 0.689. The quantitative estimate of drug-likeness (QED) is 0.741. The number of hydrogen-bond acceptors (Lipinski definition) is 4. The van der Waals surface area contributed by atoms with Crippen LogP contribution in [0.15, 0.2) is 48.5 Å². The smallest absolute Gasteiger partial charge is 0.183 e. The SMILES string of the molecule is Clc1cccc(OCCOc2ccc(C3OCCCO3)cc2)c1. The molecule has 0 radical (unpaired) electrons. The molecule has 3 rings (SSSR count). The van der Waals surface area contributed by atoms with Crippen molar-refractivity contribution in [1.29, 1.82) is 0 Å². The van der Waals surface area contributed by atoms with Crippen molar-refractivity contribution >= 4 is 11.6 Å². The molecule has 0 bridgehead atoms. The van der Waals surface area contributed by atoms with Crippen LogP contribution >= 0.6 is 11.6 Å². The lowest BCUT2D eigenvalue weighted by Crippen LogP contribution is -2.17. The van der Waals surface area contributed by atoms with Crippen LogP contribution in [-0.4, -0.2) is 26.4 Å². The van der Waals surface area contributed by atoms with Gasteiger partial charge in [-0.25, -0.2) is 0 Å². The van der Waals surface area contributed by atoms with Gasteiger partial charge >= 0.3 is 0 Å². The highest BCUT2D eigenvalue weighted by Crippen LogP contribution is 2.24. The molecule has 1 saturated heterocycles. The van der Waals surface area contributed by atoms with Crippen LogP contribution in [-0.2, 0) is 9.47 Å². The Morgan fingerprint density at radius 3 is 2.30 bits per heavy atom. The topological polar surface area (TPSA) is 36.9 Å². The van der Waals surface area contributed by atoms with Crippen LogP contribution in [0.25, 0.3) is 0 Å². The van der Waals surface area contributed by atoms with Gasteiger partial charge in [-0.1, -0.05) is 29.8 Å². The van der Waals surface area contributed by atoms with Gasteiger partial charge in [0.05, 0.1) is 13.2 Å². The largest absolute Gasteiger partial charge is 0.490 e. The molecule has 0 amide bonds. The fourth-order valence-electron chi connectivity index (χ4n) is 2.28. The van der Waals surface area contributed by atoms with Gasteiger partial charge in [0.25, 0.3) is 0 Å². The molecule has 0 atom stereocenters. The summed E-state index contributed by atoms with van der Waals surface area (Å²) in [6.45, 7) is 2.40. The van der Waals surface area contributed by atoms with E-state index in [4.69, 9.17) is 30.5 Å². The zero-order valence-electron chi connectivity index (χ0n) is 12.7. The zero-order valence-corrected chi connectivity index (χ0v) is 13.5. The predicted octanol–water partition coefficient (Wildman–Crippen LogP) is 4.23. The predicted molar refractivity (Wildman–Crippen MR) is 88.1 cm³/mol. The van der Waals surface area contributed by atoms with Crippen molar-refractivity contribution in [1.82, 2.24) is 0 Å². The minimum absolute atomic E-state index is 0.260. The lowest BCUT2D eigenvalue weighted by molar-refractivity contribution is -0.183. The van der Waals surface area contributed by atoms with Crippen LogP contribution in [0.4, 0.5) is 0 Å². The molecule has 0 aliphatic carbocycles. The fraction of sp³-hybridized carbons (Fsp3) is 0.333. The van der Waals surface area contributed by atoms with Gasteiger partial charge in [-0.05, 0) is 36.8 Å². The number of hydrogen-bond donors (Lipinski definition) is 0. The fourth-order valence-corrected chi connectivity index (χ4v) is 2.46. The number of benzene rings is 2. The highest BCUT2D eigenvalue weighted by molar-refractivity contribution is 6.30. The van der Waals surface area contributed by atoms with E-state index in [9.17, 15) is 0 Å². The second kappa shape index (κ2) is 8.20. The van der Waals surface area contributed by atoms with E-state index >= 15 is 0 Å². The van der Waals surface area contributed by atoms with Gasteiger partial charge < -0.3 is 18.9 Å². The molecular formula is C18H19ClO4. The summed E-state index contributed by atoms with van der Waals surface area (Å²) in [5.41, 5.74) is 1.01. The van der Waals surface area contributed by atoms with Crippen molar-refractivity contribution in [3.8, 4) is 11.5 Å². The van der Waals surface area contributed by atoms with E-state index in [0.717, 1.165) is 36.7 Å². The maximum absolute atomic E-state index is 5.90. The Hall–Kier alpha value is -1.75. The molecule has 2 aromatic rings. The van der Waals surface area contributed by atoms with Crippen molar-refractivity contribution in [3.63, 3.8) is 0 Å². The average Bonchev–Trinajstić information content (AvgIpc) is 2.60. The van der Waals surface area contributed by atoms with E-state index in [2.05, 4.69) is 0 Å². The summed E-state index contributed by atoms with van der Waals surface area (Å²) >= 11 is 5.90. The third-order valence-corrected chi connectivity index (χ3v) is 3.63. The molecule has 0 unspecified atom stereocenters. The molecular weight excluding hydrogens is 316 g/mol. The maximum atomic E-state index is 5.90. The minimum atomic E-state index is -0.260. The summed E-state index contributed by atoms with van der Waals surface area (Å²) in [4.78, 5) is 0. The Morgan fingerprint density at radius 2 is 1.61 bits per heavy atom. The van der Waals surface area contributed by atoms with Crippen LogP contribution in [0, 0.1) is 0 Å². The molecule has 4 nitrogen and oxygen atoms in total. The summed E-state index contributed by atoms with van der Waals surface area (Å²) in [6, 6.07) is 15.1. The van der Waals surface area contributed by atoms with Crippen molar-refractivity contribution < 1.29 is 18.9 Å². The lowest BCUT2D eigenvalue weighted by atomic mass is 10.2. The molecule has 0 spiro atoms. The van der Waals surface area contributed by atoms with Crippen LogP contribution in [0.3, 0.4) is 0 Å². The van der Waals surface area contributed by atoms with E-state index in [1.54, 1.807) is 6.07 Å². The molecule has 122 valence electrons. The first-order valence-electron chi connectivity index (χ1n) is 7.65. The van der Waals surface area contributed by atoms with Crippen molar-refractivity contribution in [2.24, 2.45) is 0 Å². The highest BCUT2D eigenvalue weighted by atomic mass is 35.5. The summed E-state index contributed by atoms with van der Waals surface area (Å²) in [5.74, 6) is 1.53. The average molecular weight is 335 g/mol. The minimum Gasteiger partial charge on any atom is -0.490 e. The molecule has 0 N–H and O–H groups in total. The van der Waals surface area contributed by atoms with Crippen molar-refractivity contribution in [3.05, 3.63) is 59.1 Å². The van der Waals surface area contributed by atoms with E-state index < -0.39 is 0 Å². The maximum Gasteiger partial charge on any atom is 0.183 e. The molecule has 2 aromatic carbocycles. The van der Waals surface area contributed by atoms with Gasteiger partial charge in [-0.15, -0.1) is 0 Å². The number of rotatable bonds is 6. The number of halogens is 1. The second-order valence-corrected chi connectivity index (χ2v) is 5.59. The van der Waals surface area contributed by atoms with E-state index in [0.29, 0.717) is 18.2 Å². The van der Waals surface area contributed by atoms with Crippen LogP contribution in [0.1, 0.15) is 18.3 Å². The Morgan fingerprint density at radius 1 is 0.913 bits per heavy atom. The van der Waals surface area contributed by atoms with Gasteiger partial charge in [0.1, 0.15) is 24.7 Å². The Kier molecular flexibility index (Phi) is 5.75. The highest BCUT2D eigenvalue weighted by Gasteiger charge is 2.16. The van der Waals surface area contributed by atoms with Crippen LogP contribution in [0.5, 0.6) is 11.5 Å². The molecule has 5 heteroatoms. The summed E-state index contributed by atoms with van der Waals surface area (Å²) < 4.78 is 22.4. The van der Waals surface area contributed by atoms with Crippen LogP contribution < -0.4 is 9.47 Å². The van der Waals surface area contributed by atoms with Crippen molar-refractivity contribution in [2.75, 3.05) is 26.4 Å². The Labute approximate surface area is 140 Å². The molecule has 0 aromatic heterocycles. The lowest BCUT2D eigenvalue weighted by Gasteiger charge is -2.23. The number of ether oxygens (including phenoxy) is 4. The van der Waals surface area contributed by atoms with Gasteiger partial charge in [0.15, 0.2) is 6.29 Å². The third kappa shape index (κ3) is 4.86. The standard InChI is InChI=1S/C18H19ClO4/c19-15-3-1-4-17(13-15)21-12-11-20-16-7-5-14(6-8-16)18-22-9-2-10-23-18/h1,3-8,13,18H,2,9-12H2. The summed E-state index contributed by atoms with van der Waals surface area (Å²) in [7, 11) is 0. The first kappa shape index (κ1) is 16.1. The first-order valence-corrected chi connectivity index (χ1v) is 8.03. The molecule has 23 heavy (non-hydrogen) atoms. The zero-order chi connectivity index (χ0) is 15.9.